The number of ether oxygens (including phenoxy) is 2. The second-order valence-electron chi connectivity index (χ2n) is 4.07. The summed E-state index contributed by atoms with van der Waals surface area (Å²) in [5.41, 5.74) is 2.43. The lowest BCUT2D eigenvalue weighted by molar-refractivity contribution is -0.141. The number of hydrogen-bond acceptors (Lipinski definition) is 3. The fraction of sp³-hybridized carbons (Fsp3) is 0.462. The molecule has 0 bridgehead atoms. The molecule has 0 saturated heterocycles. The molecule has 1 aromatic rings. The molecule has 0 aromatic heterocycles. The van der Waals surface area contributed by atoms with Gasteiger partial charge in [-0.25, -0.2) is 0 Å². The van der Waals surface area contributed by atoms with Gasteiger partial charge in [0.05, 0.1) is 19.6 Å². The van der Waals surface area contributed by atoms with Crippen LogP contribution < -0.4 is 0 Å². The van der Waals surface area contributed by atoms with E-state index in [2.05, 4.69) is 12.1 Å². The number of esters is 1. The number of carbonyl (C=O) groups is 1. The highest BCUT2D eigenvalue weighted by molar-refractivity contribution is 5.70. The Labute approximate surface area is 95.4 Å². The zero-order valence-corrected chi connectivity index (χ0v) is 9.60. The topological polar surface area (TPSA) is 35.5 Å². The van der Waals surface area contributed by atoms with Crippen molar-refractivity contribution < 1.29 is 14.3 Å². The standard InChI is InChI=1S/C13H16O3/c1-15-12-7-9(8-13(14)16-2)10-5-3-4-6-11(10)12/h3-6,9,12H,7-8H2,1-2H3/t9-,12+/m1/s1. The summed E-state index contributed by atoms with van der Waals surface area (Å²) in [5, 5.41) is 0. The largest absolute Gasteiger partial charge is 0.469 e. The van der Waals surface area contributed by atoms with E-state index in [1.807, 2.05) is 12.1 Å². The Morgan fingerprint density at radius 3 is 2.62 bits per heavy atom. The third-order valence-corrected chi connectivity index (χ3v) is 3.21. The van der Waals surface area contributed by atoms with Gasteiger partial charge in [0, 0.05) is 7.11 Å². The van der Waals surface area contributed by atoms with Crippen molar-refractivity contribution in [1.82, 2.24) is 0 Å². The number of hydrogen-bond donors (Lipinski definition) is 0. The lowest BCUT2D eigenvalue weighted by Gasteiger charge is -2.09. The van der Waals surface area contributed by atoms with Crippen LogP contribution in [-0.2, 0) is 14.3 Å². The number of benzene rings is 1. The zero-order chi connectivity index (χ0) is 11.5. The van der Waals surface area contributed by atoms with Crippen molar-refractivity contribution in [3.63, 3.8) is 0 Å². The van der Waals surface area contributed by atoms with Crippen molar-refractivity contribution in [3.05, 3.63) is 35.4 Å². The van der Waals surface area contributed by atoms with Crippen molar-refractivity contribution in [2.45, 2.75) is 24.9 Å². The van der Waals surface area contributed by atoms with E-state index in [-0.39, 0.29) is 18.0 Å². The van der Waals surface area contributed by atoms with E-state index in [0.717, 1.165) is 6.42 Å². The average molecular weight is 220 g/mol. The molecule has 16 heavy (non-hydrogen) atoms. The molecule has 0 heterocycles. The van der Waals surface area contributed by atoms with Crippen molar-refractivity contribution >= 4 is 5.97 Å². The Kier molecular flexibility index (Phi) is 3.25. The van der Waals surface area contributed by atoms with E-state index in [1.165, 1.54) is 18.2 Å². The molecule has 0 amide bonds. The van der Waals surface area contributed by atoms with Gasteiger partial charge >= 0.3 is 5.97 Å². The molecule has 0 unspecified atom stereocenters. The molecular formula is C13H16O3. The molecule has 0 aliphatic heterocycles. The van der Waals surface area contributed by atoms with Gasteiger partial charge in [-0.15, -0.1) is 0 Å². The van der Waals surface area contributed by atoms with Gasteiger partial charge in [-0.2, -0.15) is 0 Å². The summed E-state index contributed by atoms with van der Waals surface area (Å²) in [7, 11) is 3.14. The first-order valence-electron chi connectivity index (χ1n) is 5.44. The van der Waals surface area contributed by atoms with E-state index in [9.17, 15) is 4.79 Å². The molecule has 1 aromatic carbocycles. The van der Waals surface area contributed by atoms with E-state index >= 15 is 0 Å². The third kappa shape index (κ3) is 1.95. The Balaban J connectivity index is 2.22. The van der Waals surface area contributed by atoms with Crippen LogP contribution in [-0.4, -0.2) is 20.2 Å². The molecule has 0 saturated carbocycles. The summed E-state index contributed by atoms with van der Waals surface area (Å²) in [6.45, 7) is 0. The zero-order valence-electron chi connectivity index (χ0n) is 9.60. The van der Waals surface area contributed by atoms with Crippen molar-refractivity contribution in [2.24, 2.45) is 0 Å². The van der Waals surface area contributed by atoms with Crippen LogP contribution in [0.15, 0.2) is 24.3 Å². The number of carbonyl (C=O) groups excluding carboxylic acids is 1. The van der Waals surface area contributed by atoms with Crippen LogP contribution in [0.25, 0.3) is 0 Å². The molecule has 2 rings (SSSR count). The van der Waals surface area contributed by atoms with E-state index in [0.29, 0.717) is 6.42 Å². The van der Waals surface area contributed by atoms with E-state index < -0.39 is 0 Å². The van der Waals surface area contributed by atoms with Gasteiger partial charge in [0.25, 0.3) is 0 Å². The molecular weight excluding hydrogens is 204 g/mol. The van der Waals surface area contributed by atoms with Crippen LogP contribution in [0.3, 0.4) is 0 Å². The third-order valence-electron chi connectivity index (χ3n) is 3.21. The highest BCUT2D eigenvalue weighted by Crippen LogP contribution is 2.43. The van der Waals surface area contributed by atoms with Gasteiger partial charge in [0.2, 0.25) is 0 Å². The van der Waals surface area contributed by atoms with Crippen molar-refractivity contribution in [3.8, 4) is 0 Å². The minimum absolute atomic E-state index is 0.117. The first-order valence-corrected chi connectivity index (χ1v) is 5.44. The minimum atomic E-state index is -0.156. The molecule has 2 atom stereocenters. The number of methoxy groups -OCH3 is 2. The fourth-order valence-electron chi connectivity index (χ4n) is 2.39. The number of rotatable bonds is 3. The molecule has 0 radical (unpaired) electrons. The normalized spacial score (nSPS) is 22.9. The number of fused-ring (bicyclic) bond motifs is 1. The van der Waals surface area contributed by atoms with E-state index in [1.54, 1.807) is 7.11 Å². The van der Waals surface area contributed by atoms with Crippen LogP contribution in [0.4, 0.5) is 0 Å². The molecule has 3 nitrogen and oxygen atoms in total. The molecule has 3 heteroatoms. The van der Waals surface area contributed by atoms with Crippen LogP contribution in [0.1, 0.15) is 36.0 Å². The first kappa shape index (κ1) is 11.1. The van der Waals surface area contributed by atoms with Crippen LogP contribution in [0.2, 0.25) is 0 Å². The van der Waals surface area contributed by atoms with E-state index in [4.69, 9.17) is 9.47 Å². The van der Waals surface area contributed by atoms with Gasteiger partial charge in [-0.3, -0.25) is 4.79 Å². The quantitative estimate of drug-likeness (QED) is 0.734. The SMILES string of the molecule is COC(=O)C[C@H]1C[C@H](OC)c2ccccc21. The van der Waals surface area contributed by atoms with Gasteiger partial charge in [0.1, 0.15) is 0 Å². The maximum absolute atomic E-state index is 11.3. The Morgan fingerprint density at radius 2 is 2.00 bits per heavy atom. The fourth-order valence-corrected chi connectivity index (χ4v) is 2.39. The monoisotopic (exact) mass is 220 g/mol. The van der Waals surface area contributed by atoms with Gasteiger partial charge in [-0.05, 0) is 23.5 Å². The van der Waals surface area contributed by atoms with Crippen molar-refractivity contribution in [1.29, 1.82) is 0 Å². The van der Waals surface area contributed by atoms with Crippen molar-refractivity contribution in [2.75, 3.05) is 14.2 Å². The summed E-state index contributed by atoms with van der Waals surface area (Å²) < 4.78 is 10.1. The summed E-state index contributed by atoms with van der Waals surface area (Å²) in [6, 6.07) is 8.15. The van der Waals surface area contributed by atoms with Crippen LogP contribution in [0.5, 0.6) is 0 Å². The lowest BCUT2D eigenvalue weighted by atomic mass is 9.98. The molecule has 1 aliphatic rings. The predicted octanol–water partition coefficient (Wildman–Crippen LogP) is 2.42. The average Bonchev–Trinajstić information content (AvgIpc) is 2.68. The van der Waals surface area contributed by atoms with Gasteiger partial charge < -0.3 is 9.47 Å². The van der Waals surface area contributed by atoms with Gasteiger partial charge in [-0.1, -0.05) is 24.3 Å². The molecule has 1 aliphatic carbocycles. The van der Waals surface area contributed by atoms with Crippen LogP contribution >= 0.6 is 0 Å². The Bertz CT molecular complexity index is 387. The van der Waals surface area contributed by atoms with Gasteiger partial charge in [0.15, 0.2) is 0 Å². The minimum Gasteiger partial charge on any atom is -0.469 e. The molecule has 0 fully saturated rings. The second kappa shape index (κ2) is 4.66. The Morgan fingerprint density at radius 1 is 1.31 bits per heavy atom. The maximum Gasteiger partial charge on any atom is 0.306 e. The highest BCUT2D eigenvalue weighted by atomic mass is 16.5. The highest BCUT2D eigenvalue weighted by Gasteiger charge is 2.31. The predicted molar refractivity (Wildman–Crippen MR) is 60.2 cm³/mol. The molecule has 0 spiro atoms. The summed E-state index contributed by atoms with van der Waals surface area (Å²) in [5.74, 6) is 0.0742. The second-order valence-corrected chi connectivity index (χ2v) is 4.07. The first-order chi connectivity index (χ1) is 7.76. The summed E-state index contributed by atoms with van der Waals surface area (Å²) in [6.07, 6.45) is 1.42. The smallest absolute Gasteiger partial charge is 0.306 e. The maximum atomic E-state index is 11.3. The lowest BCUT2D eigenvalue weighted by Crippen LogP contribution is -2.06. The molecule has 86 valence electrons. The molecule has 0 N–H and O–H groups in total. The van der Waals surface area contributed by atoms with Crippen LogP contribution in [0, 0.1) is 0 Å². The summed E-state index contributed by atoms with van der Waals surface area (Å²) in [4.78, 5) is 11.3. The Hall–Kier alpha value is -1.35. The summed E-state index contributed by atoms with van der Waals surface area (Å²) >= 11 is 0.